The molecular formula is C22H23FN6O5S. The molecule has 4 rings (SSSR count). The molecule has 3 heterocycles. The summed E-state index contributed by atoms with van der Waals surface area (Å²) < 4.78 is 60.5. The summed E-state index contributed by atoms with van der Waals surface area (Å²) in [6.07, 6.45) is 3.68. The molecule has 0 saturated heterocycles. The summed E-state index contributed by atoms with van der Waals surface area (Å²) in [5, 5.41) is 7.33. The predicted molar refractivity (Wildman–Crippen MR) is 124 cm³/mol. The molecule has 0 radical (unpaired) electrons. The van der Waals surface area contributed by atoms with Gasteiger partial charge in [-0.25, -0.2) is 22.8 Å². The van der Waals surface area contributed by atoms with Gasteiger partial charge in [0.25, 0.3) is 0 Å². The summed E-state index contributed by atoms with van der Waals surface area (Å²) in [6.45, 7) is 1.72. The van der Waals surface area contributed by atoms with Gasteiger partial charge >= 0.3 is 0 Å². The van der Waals surface area contributed by atoms with E-state index in [1.807, 2.05) is 0 Å². The van der Waals surface area contributed by atoms with Crippen LogP contribution >= 0.6 is 0 Å². The molecule has 1 N–H and O–H groups in total. The van der Waals surface area contributed by atoms with Crippen LogP contribution in [0.3, 0.4) is 0 Å². The number of benzene rings is 1. The molecule has 13 heteroatoms. The van der Waals surface area contributed by atoms with Crippen molar-refractivity contribution < 1.29 is 26.7 Å². The van der Waals surface area contributed by atoms with E-state index in [9.17, 15) is 12.8 Å². The second-order valence-corrected chi connectivity index (χ2v) is 9.33. The first-order valence-electron chi connectivity index (χ1n) is 10.6. The van der Waals surface area contributed by atoms with Crippen LogP contribution in [0.5, 0.6) is 11.5 Å². The van der Waals surface area contributed by atoms with Gasteiger partial charge in [0.15, 0.2) is 11.6 Å². The lowest BCUT2D eigenvalue weighted by Crippen LogP contribution is -2.31. The fourth-order valence-electron chi connectivity index (χ4n) is 3.51. The maximum Gasteiger partial charge on any atom is 0.243 e. The molecule has 11 nitrogen and oxygen atoms in total. The van der Waals surface area contributed by atoms with Crippen molar-refractivity contribution in [1.82, 2.24) is 24.7 Å². The Kier molecular flexibility index (Phi) is 6.96. The molecule has 0 saturated carbocycles. The Bertz CT molecular complexity index is 1370. The molecule has 0 aliphatic rings. The number of aromatic nitrogens is 5. The average molecular weight is 503 g/mol. The zero-order valence-electron chi connectivity index (χ0n) is 19.2. The molecule has 35 heavy (non-hydrogen) atoms. The molecule has 0 bridgehead atoms. The fourth-order valence-corrected chi connectivity index (χ4v) is 4.87. The molecule has 1 atom stereocenters. The number of nitrogens with zero attached hydrogens (tertiary/aromatic N) is 5. The third-order valence-electron chi connectivity index (χ3n) is 5.24. The van der Waals surface area contributed by atoms with E-state index in [1.54, 1.807) is 37.3 Å². The highest BCUT2D eigenvalue weighted by atomic mass is 32.2. The number of methoxy groups -OCH3 is 2. The highest BCUT2D eigenvalue weighted by Crippen LogP contribution is 2.38. The molecule has 0 spiro atoms. The lowest BCUT2D eigenvalue weighted by atomic mass is 10.2. The van der Waals surface area contributed by atoms with Gasteiger partial charge < -0.3 is 13.9 Å². The van der Waals surface area contributed by atoms with Gasteiger partial charge in [0.2, 0.25) is 21.8 Å². The third kappa shape index (κ3) is 4.94. The van der Waals surface area contributed by atoms with Gasteiger partial charge in [-0.1, -0.05) is 13.0 Å². The van der Waals surface area contributed by atoms with Crippen LogP contribution in [0.1, 0.15) is 19.2 Å². The van der Waals surface area contributed by atoms with Gasteiger partial charge in [0.05, 0.1) is 38.1 Å². The Morgan fingerprint density at radius 3 is 2.34 bits per heavy atom. The topological polar surface area (TPSA) is 134 Å². The first kappa shape index (κ1) is 24.1. The van der Waals surface area contributed by atoms with Crippen LogP contribution in [-0.4, -0.2) is 52.6 Å². The fraction of sp³-hybridized carbons (Fsp3) is 0.273. The van der Waals surface area contributed by atoms with Gasteiger partial charge in [-0.05, 0) is 30.7 Å². The molecule has 0 fully saturated rings. The Morgan fingerprint density at radius 1 is 1.09 bits per heavy atom. The molecule has 0 aliphatic carbocycles. The Morgan fingerprint density at radius 2 is 1.77 bits per heavy atom. The van der Waals surface area contributed by atoms with Crippen molar-refractivity contribution in [3.05, 3.63) is 60.6 Å². The predicted octanol–water partition coefficient (Wildman–Crippen LogP) is 3.24. The Balaban J connectivity index is 1.79. The van der Waals surface area contributed by atoms with Crippen molar-refractivity contribution in [2.75, 3.05) is 18.9 Å². The van der Waals surface area contributed by atoms with Crippen molar-refractivity contribution in [3.8, 4) is 28.8 Å². The number of halogens is 1. The minimum atomic E-state index is -4.02. The first-order valence-corrected chi connectivity index (χ1v) is 12.1. The number of nitrogens with one attached hydrogen (secondary N) is 1. The van der Waals surface area contributed by atoms with Crippen molar-refractivity contribution >= 4 is 16.0 Å². The van der Waals surface area contributed by atoms with Gasteiger partial charge in [0.1, 0.15) is 23.0 Å². The summed E-state index contributed by atoms with van der Waals surface area (Å²) >= 11 is 0. The van der Waals surface area contributed by atoms with Crippen LogP contribution in [0.4, 0.5) is 10.3 Å². The number of hydrogen-bond acceptors (Lipinski definition) is 9. The zero-order valence-corrected chi connectivity index (χ0v) is 20.0. The molecular weight excluding hydrogens is 479 g/mol. The van der Waals surface area contributed by atoms with E-state index in [-0.39, 0.29) is 30.4 Å². The van der Waals surface area contributed by atoms with Crippen LogP contribution in [-0.2, 0) is 16.4 Å². The van der Waals surface area contributed by atoms with E-state index < -0.39 is 21.1 Å². The number of ether oxygens (including phenoxy) is 2. The van der Waals surface area contributed by atoms with Crippen LogP contribution in [0.2, 0.25) is 0 Å². The van der Waals surface area contributed by atoms with Crippen LogP contribution < -0.4 is 14.2 Å². The number of sulfonamides is 1. The molecule has 0 aliphatic heterocycles. The van der Waals surface area contributed by atoms with E-state index in [0.29, 0.717) is 22.9 Å². The van der Waals surface area contributed by atoms with E-state index in [4.69, 9.17) is 13.9 Å². The molecule has 3 aromatic heterocycles. The molecule has 184 valence electrons. The van der Waals surface area contributed by atoms with Crippen LogP contribution in [0.15, 0.2) is 53.4 Å². The second-order valence-electron chi connectivity index (χ2n) is 7.37. The maximum atomic E-state index is 13.4. The van der Waals surface area contributed by atoms with Crippen molar-refractivity contribution in [3.63, 3.8) is 0 Å². The average Bonchev–Trinajstić information content (AvgIpc) is 3.52. The van der Waals surface area contributed by atoms with E-state index >= 15 is 0 Å². The second kappa shape index (κ2) is 10.1. The van der Waals surface area contributed by atoms with Crippen molar-refractivity contribution in [2.45, 2.75) is 25.0 Å². The minimum absolute atomic E-state index is 0.0245. The smallest absolute Gasteiger partial charge is 0.243 e. The molecule has 4 aromatic rings. The standard InChI is InChI=1S/C22H23FN6O5S/c1-4-15(11-19-24-12-14(23)13-25-19)35(30,31)28-22-27-26-21(18-9-6-10-34-18)29(22)20-16(32-2)7-5-8-17(20)33-3/h5-10,12-13,15H,4,11H2,1-3H3,(H,27,28). The number of furan rings is 1. The summed E-state index contributed by atoms with van der Waals surface area (Å²) in [6, 6.07) is 8.47. The highest BCUT2D eigenvalue weighted by Gasteiger charge is 2.30. The maximum absolute atomic E-state index is 13.4. The summed E-state index contributed by atoms with van der Waals surface area (Å²) in [5.74, 6) is 0.860. The summed E-state index contributed by atoms with van der Waals surface area (Å²) in [7, 11) is -1.06. The zero-order chi connectivity index (χ0) is 25.0. The number of para-hydroxylation sites is 1. The van der Waals surface area contributed by atoms with Gasteiger partial charge in [-0.15, -0.1) is 10.2 Å². The van der Waals surface area contributed by atoms with Crippen molar-refractivity contribution in [1.29, 1.82) is 0 Å². The Hall–Kier alpha value is -4.00. The number of rotatable bonds is 10. The van der Waals surface area contributed by atoms with Gasteiger partial charge in [-0.2, -0.15) is 0 Å². The van der Waals surface area contributed by atoms with E-state index in [2.05, 4.69) is 24.9 Å². The highest BCUT2D eigenvalue weighted by molar-refractivity contribution is 7.93. The van der Waals surface area contributed by atoms with Crippen molar-refractivity contribution in [2.24, 2.45) is 0 Å². The van der Waals surface area contributed by atoms with Gasteiger partial charge in [0, 0.05) is 6.42 Å². The monoisotopic (exact) mass is 502 g/mol. The normalized spacial score (nSPS) is 12.3. The summed E-state index contributed by atoms with van der Waals surface area (Å²) in [5.41, 5.74) is 0.376. The van der Waals surface area contributed by atoms with E-state index in [0.717, 1.165) is 12.4 Å². The number of hydrogen-bond donors (Lipinski definition) is 1. The van der Waals surface area contributed by atoms with Crippen LogP contribution in [0.25, 0.3) is 17.3 Å². The van der Waals surface area contributed by atoms with Gasteiger partial charge in [-0.3, -0.25) is 9.29 Å². The SMILES string of the molecule is CCC(Cc1ncc(F)cn1)S(=O)(=O)Nc1nnc(-c2ccco2)n1-c1c(OC)cccc1OC. The largest absolute Gasteiger partial charge is 0.494 e. The first-order chi connectivity index (χ1) is 16.9. The number of anilines is 1. The lowest BCUT2D eigenvalue weighted by Gasteiger charge is -2.19. The quantitative estimate of drug-likeness (QED) is 0.347. The molecule has 0 amide bonds. The molecule has 1 unspecified atom stereocenters. The minimum Gasteiger partial charge on any atom is -0.494 e. The van der Waals surface area contributed by atoms with E-state index in [1.165, 1.54) is 25.0 Å². The molecule has 1 aromatic carbocycles. The van der Waals surface area contributed by atoms with Crippen LogP contribution in [0, 0.1) is 5.82 Å². The lowest BCUT2D eigenvalue weighted by molar-refractivity contribution is 0.391. The third-order valence-corrected chi connectivity index (χ3v) is 7.09. The Labute approximate surface area is 201 Å². The summed E-state index contributed by atoms with van der Waals surface area (Å²) in [4.78, 5) is 7.76.